The fourth-order valence-corrected chi connectivity index (χ4v) is 3.22. The van der Waals surface area contributed by atoms with Crippen LogP contribution in [0.1, 0.15) is 29.6 Å². The number of benzene rings is 2. The van der Waals surface area contributed by atoms with Crippen LogP contribution < -0.4 is 9.47 Å². The molecule has 0 bridgehead atoms. The lowest BCUT2D eigenvalue weighted by Crippen LogP contribution is -2.19. The maximum Gasteiger partial charge on any atom is 0.343 e. The van der Waals surface area contributed by atoms with E-state index >= 15 is 0 Å². The summed E-state index contributed by atoms with van der Waals surface area (Å²) in [5.41, 5.74) is 0.451. The van der Waals surface area contributed by atoms with Crippen LogP contribution in [0.15, 0.2) is 48.5 Å². The smallest absolute Gasteiger partial charge is 0.343 e. The molecule has 1 heterocycles. The zero-order chi connectivity index (χ0) is 17.2. The highest BCUT2D eigenvalue weighted by atomic mass is 16.6. The van der Waals surface area contributed by atoms with E-state index in [0.717, 1.165) is 25.0 Å². The number of carbonyl (C=O) groups is 1. The zero-order valence-electron chi connectivity index (χ0n) is 13.8. The third-order valence-electron chi connectivity index (χ3n) is 4.74. The summed E-state index contributed by atoms with van der Waals surface area (Å²) in [5.74, 6) is 1.37. The third kappa shape index (κ3) is 3.94. The molecule has 1 N–H and O–H groups in total. The van der Waals surface area contributed by atoms with Crippen LogP contribution in [0.2, 0.25) is 0 Å². The molecule has 3 unspecified atom stereocenters. The van der Waals surface area contributed by atoms with Crippen molar-refractivity contribution in [2.45, 2.75) is 31.5 Å². The molecule has 3 atom stereocenters. The average molecular weight is 340 g/mol. The van der Waals surface area contributed by atoms with E-state index in [1.165, 1.54) is 12.1 Å². The molecule has 2 fully saturated rings. The second-order valence-corrected chi connectivity index (χ2v) is 6.61. The van der Waals surface area contributed by atoms with Crippen molar-refractivity contribution in [3.8, 4) is 17.2 Å². The van der Waals surface area contributed by atoms with Gasteiger partial charge in [-0.05, 0) is 73.7 Å². The van der Waals surface area contributed by atoms with Crippen molar-refractivity contribution in [3.63, 3.8) is 0 Å². The number of epoxide rings is 1. The molecule has 25 heavy (non-hydrogen) atoms. The van der Waals surface area contributed by atoms with Crippen molar-refractivity contribution in [3.05, 3.63) is 54.1 Å². The molecule has 1 aliphatic heterocycles. The number of phenols is 1. The van der Waals surface area contributed by atoms with Gasteiger partial charge in [-0.1, -0.05) is 0 Å². The Labute approximate surface area is 146 Å². The minimum Gasteiger partial charge on any atom is -0.508 e. The molecule has 5 heteroatoms. The van der Waals surface area contributed by atoms with E-state index in [-0.39, 0.29) is 5.75 Å². The van der Waals surface area contributed by atoms with Gasteiger partial charge in [-0.15, -0.1) is 0 Å². The van der Waals surface area contributed by atoms with Gasteiger partial charge in [-0.25, -0.2) is 4.79 Å². The fourth-order valence-electron chi connectivity index (χ4n) is 3.22. The summed E-state index contributed by atoms with van der Waals surface area (Å²) in [4.78, 5) is 12.1. The van der Waals surface area contributed by atoms with Gasteiger partial charge < -0.3 is 19.3 Å². The Morgan fingerprint density at radius 3 is 2.44 bits per heavy atom. The Kier molecular flexibility index (Phi) is 4.32. The van der Waals surface area contributed by atoms with Gasteiger partial charge in [-0.3, -0.25) is 0 Å². The summed E-state index contributed by atoms with van der Waals surface area (Å²) < 4.78 is 16.6. The van der Waals surface area contributed by atoms with E-state index in [1.807, 2.05) is 0 Å². The Balaban J connectivity index is 1.30. The van der Waals surface area contributed by atoms with Gasteiger partial charge in [0, 0.05) is 0 Å². The Hall–Kier alpha value is -2.53. The SMILES string of the molecule is O=C(Oc1ccc(O)cc1)c1ccc(OCC2CCC3OC3C2)cc1. The minimum atomic E-state index is -0.443. The highest BCUT2D eigenvalue weighted by Crippen LogP contribution is 2.39. The summed E-state index contributed by atoms with van der Waals surface area (Å²) in [6.45, 7) is 0.684. The summed E-state index contributed by atoms with van der Waals surface area (Å²) in [6, 6.07) is 13.0. The van der Waals surface area contributed by atoms with Crippen molar-refractivity contribution >= 4 is 5.97 Å². The number of hydrogen-bond donors (Lipinski definition) is 1. The van der Waals surface area contributed by atoms with Crippen molar-refractivity contribution in [1.82, 2.24) is 0 Å². The van der Waals surface area contributed by atoms with E-state index in [0.29, 0.717) is 36.0 Å². The van der Waals surface area contributed by atoms with Crippen LogP contribution in [-0.2, 0) is 4.74 Å². The first-order valence-corrected chi connectivity index (χ1v) is 8.57. The van der Waals surface area contributed by atoms with Crippen LogP contribution in [-0.4, -0.2) is 29.9 Å². The maximum absolute atomic E-state index is 12.1. The first-order chi connectivity index (χ1) is 12.2. The first kappa shape index (κ1) is 16.0. The van der Waals surface area contributed by atoms with Crippen LogP contribution in [0.3, 0.4) is 0 Å². The molecular weight excluding hydrogens is 320 g/mol. The average Bonchev–Trinajstić information content (AvgIpc) is 3.41. The molecule has 4 rings (SSSR count). The zero-order valence-corrected chi connectivity index (χ0v) is 13.8. The second kappa shape index (κ2) is 6.76. The normalized spacial score (nSPS) is 24.2. The molecule has 130 valence electrons. The predicted molar refractivity (Wildman–Crippen MR) is 91.0 cm³/mol. The number of ether oxygens (including phenoxy) is 3. The Bertz CT molecular complexity index is 738. The lowest BCUT2D eigenvalue weighted by atomic mass is 9.90. The molecule has 0 aromatic heterocycles. The van der Waals surface area contributed by atoms with Crippen LogP contribution in [0.5, 0.6) is 17.2 Å². The first-order valence-electron chi connectivity index (χ1n) is 8.57. The van der Waals surface area contributed by atoms with Gasteiger partial charge in [-0.2, -0.15) is 0 Å². The summed E-state index contributed by atoms with van der Waals surface area (Å²) in [6.07, 6.45) is 4.34. The van der Waals surface area contributed by atoms with Crippen LogP contribution in [0.4, 0.5) is 0 Å². The topological polar surface area (TPSA) is 68.3 Å². The fraction of sp³-hybridized carbons (Fsp3) is 0.350. The number of hydrogen-bond acceptors (Lipinski definition) is 5. The number of rotatable bonds is 5. The molecule has 2 aromatic rings. The predicted octanol–water partition coefficient (Wildman–Crippen LogP) is 3.56. The van der Waals surface area contributed by atoms with Gasteiger partial charge in [0.05, 0.1) is 24.4 Å². The molecule has 0 spiro atoms. The van der Waals surface area contributed by atoms with E-state index in [1.54, 1.807) is 36.4 Å². The highest BCUT2D eigenvalue weighted by molar-refractivity contribution is 5.91. The van der Waals surface area contributed by atoms with Gasteiger partial charge >= 0.3 is 5.97 Å². The maximum atomic E-state index is 12.1. The lowest BCUT2D eigenvalue weighted by Gasteiger charge is -2.19. The van der Waals surface area contributed by atoms with E-state index in [4.69, 9.17) is 14.2 Å². The molecule has 5 nitrogen and oxygen atoms in total. The highest BCUT2D eigenvalue weighted by Gasteiger charge is 2.43. The number of phenolic OH excluding ortho intramolecular Hbond substituents is 1. The van der Waals surface area contributed by atoms with E-state index in [9.17, 15) is 9.90 Å². The molecule has 2 aliphatic rings. The number of fused-ring (bicyclic) bond motifs is 1. The molecule has 1 saturated carbocycles. The Morgan fingerprint density at radius 2 is 1.72 bits per heavy atom. The molecule has 2 aromatic carbocycles. The monoisotopic (exact) mass is 340 g/mol. The van der Waals surface area contributed by atoms with Crippen molar-refractivity contribution in [2.24, 2.45) is 5.92 Å². The van der Waals surface area contributed by atoms with Crippen LogP contribution >= 0.6 is 0 Å². The molecule has 0 radical (unpaired) electrons. The Morgan fingerprint density at radius 1 is 1.00 bits per heavy atom. The van der Waals surface area contributed by atoms with Crippen LogP contribution in [0, 0.1) is 5.92 Å². The van der Waals surface area contributed by atoms with Crippen molar-refractivity contribution < 1.29 is 24.1 Å². The summed E-state index contributed by atoms with van der Waals surface area (Å²) >= 11 is 0. The number of esters is 1. The van der Waals surface area contributed by atoms with Gasteiger partial charge in [0.2, 0.25) is 0 Å². The van der Waals surface area contributed by atoms with Gasteiger partial charge in [0.15, 0.2) is 0 Å². The molecule has 0 amide bonds. The quantitative estimate of drug-likeness (QED) is 0.512. The lowest BCUT2D eigenvalue weighted by molar-refractivity contribution is 0.0734. The second-order valence-electron chi connectivity index (χ2n) is 6.61. The van der Waals surface area contributed by atoms with Gasteiger partial charge in [0.25, 0.3) is 0 Å². The molecule has 1 aliphatic carbocycles. The van der Waals surface area contributed by atoms with Crippen LogP contribution in [0.25, 0.3) is 0 Å². The van der Waals surface area contributed by atoms with E-state index in [2.05, 4.69) is 0 Å². The number of carbonyl (C=O) groups excluding carboxylic acids is 1. The van der Waals surface area contributed by atoms with Gasteiger partial charge in [0.1, 0.15) is 17.2 Å². The summed E-state index contributed by atoms with van der Waals surface area (Å²) in [5, 5.41) is 9.24. The largest absolute Gasteiger partial charge is 0.508 e. The standard InChI is InChI=1S/C20H20O5/c21-15-4-8-17(9-5-15)24-20(22)14-2-6-16(7-3-14)23-12-13-1-10-18-19(11-13)25-18/h2-9,13,18-19,21H,1,10-12H2. The molecular formula is C20H20O5. The van der Waals surface area contributed by atoms with Crippen molar-refractivity contribution in [1.29, 1.82) is 0 Å². The summed E-state index contributed by atoms with van der Waals surface area (Å²) in [7, 11) is 0. The minimum absolute atomic E-state index is 0.128. The third-order valence-corrected chi connectivity index (χ3v) is 4.74. The van der Waals surface area contributed by atoms with E-state index < -0.39 is 5.97 Å². The number of aromatic hydroxyl groups is 1. The molecule has 1 saturated heterocycles. The van der Waals surface area contributed by atoms with Crippen molar-refractivity contribution in [2.75, 3.05) is 6.61 Å².